The van der Waals surface area contributed by atoms with Crippen LogP contribution in [0.25, 0.3) is 11.5 Å². The van der Waals surface area contributed by atoms with Crippen molar-refractivity contribution in [1.82, 2.24) is 29.6 Å². The molecule has 35 heavy (non-hydrogen) atoms. The maximum atomic E-state index is 13.0. The number of carbonyl (C=O) groups excluding carboxylic acids is 2. The molecule has 3 aromatic heterocycles. The molecule has 0 fully saturated rings. The number of hydrogen-bond acceptors (Lipinski definition) is 6. The monoisotopic (exact) mass is 473 g/mol. The van der Waals surface area contributed by atoms with E-state index in [1.54, 1.807) is 18.3 Å². The molecule has 182 valence electrons. The zero-order valence-corrected chi connectivity index (χ0v) is 20.9. The van der Waals surface area contributed by atoms with Gasteiger partial charge in [0.1, 0.15) is 23.0 Å². The fourth-order valence-electron chi connectivity index (χ4n) is 4.83. The van der Waals surface area contributed by atoms with Crippen LogP contribution in [-0.4, -0.2) is 48.0 Å². The number of carbonyl (C=O) groups is 2. The van der Waals surface area contributed by atoms with Crippen molar-refractivity contribution in [3.8, 4) is 11.5 Å². The number of hydrogen-bond donors (Lipinski definition) is 1. The molecule has 1 N–H and O–H groups in total. The van der Waals surface area contributed by atoms with E-state index in [1.165, 1.54) is 0 Å². The van der Waals surface area contributed by atoms with Gasteiger partial charge in [-0.15, -0.1) is 10.2 Å². The number of pyridine rings is 2. The number of amides is 2. The first-order valence-corrected chi connectivity index (χ1v) is 12.0. The number of rotatable bonds is 3. The van der Waals surface area contributed by atoms with Crippen LogP contribution < -0.4 is 5.32 Å². The quantitative estimate of drug-likeness (QED) is 0.623. The molecule has 0 bridgehead atoms. The highest BCUT2D eigenvalue weighted by molar-refractivity contribution is 6.02. The van der Waals surface area contributed by atoms with Gasteiger partial charge in [-0.3, -0.25) is 14.6 Å². The van der Waals surface area contributed by atoms with E-state index in [2.05, 4.69) is 43.9 Å². The molecule has 2 aliphatic rings. The van der Waals surface area contributed by atoms with Gasteiger partial charge in [-0.1, -0.05) is 26.8 Å². The summed E-state index contributed by atoms with van der Waals surface area (Å²) in [6, 6.07) is 7.25. The van der Waals surface area contributed by atoms with Gasteiger partial charge in [0.2, 0.25) is 5.91 Å². The Morgan fingerprint density at radius 2 is 1.89 bits per heavy atom. The molecular formula is C26H31N7O2. The van der Waals surface area contributed by atoms with Gasteiger partial charge in [0, 0.05) is 36.7 Å². The minimum Gasteiger partial charge on any atom is -0.338 e. The zero-order chi connectivity index (χ0) is 25.0. The number of aromatic nitrogens is 5. The van der Waals surface area contributed by atoms with Gasteiger partial charge in [0.25, 0.3) is 5.91 Å². The van der Waals surface area contributed by atoms with E-state index in [0.29, 0.717) is 36.1 Å². The SMILES string of the molecule is CC(C)(C)C(=O)N1CCc2cnc(C(=O)Nc3cccc(-c4nnc5n4C(C)(C)CC5)n3)cc2C1. The molecule has 0 aromatic carbocycles. The minimum atomic E-state index is -0.443. The van der Waals surface area contributed by atoms with Crippen molar-refractivity contribution in [3.63, 3.8) is 0 Å². The summed E-state index contributed by atoms with van der Waals surface area (Å²) >= 11 is 0. The van der Waals surface area contributed by atoms with Crippen LogP contribution in [0.1, 0.15) is 68.5 Å². The molecular weight excluding hydrogens is 442 g/mol. The van der Waals surface area contributed by atoms with Gasteiger partial charge >= 0.3 is 0 Å². The van der Waals surface area contributed by atoms with Crippen LogP contribution in [0.2, 0.25) is 0 Å². The van der Waals surface area contributed by atoms with Crippen LogP contribution in [0, 0.1) is 5.41 Å². The van der Waals surface area contributed by atoms with Crippen molar-refractivity contribution in [3.05, 3.63) is 53.1 Å². The molecule has 0 atom stereocenters. The Labute approximate surface area is 205 Å². The molecule has 9 heteroatoms. The average molecular weight is 474 g/mol. The second kappa shape index (κ2) is 8.25. The summed E-state index contributed by atoms with van der Waals surface area (Å²) in [5, 5.41) is 11.6. The fourth-order valence-corrected chi connectivity index (χ4v) is 4.83. The molecule has 5 heterocycles. The van der Waals surface area contributed by atoms with Crippen LogP contribution >= 0.6 is 0 Å². The van der Waals surface area contributed by atoms with E-state index in [4.69, 9.17) is 0 Å². The molecule has 2 aliphatic heterocycles. The third kappa shape index (κ3) is 4.31. The lowest BCUT2D eigenvalue weighted by molar-refractivity contribution is -0.140. The Kier molecular flexibility index (Phi) is 5.45. The maximum absolute atomic E-state index is 13.0. The third-order valence-corrected chi connectivity index (χ3v) is 6.77. The highest BCUT2D eigenvalue weighted by atomic mass is 16.2. The van der Waals surface area contributed by atoms with Gasteiger partial charge < -0.3 is 14.8 Å². The first kappa shape index (κ1) is 23.1. The second-order valence-corrected chi connectivity index (χ2v) is 11.0. The summed E-state index contributed by atoms with van der Waals surface area (Å²) in [4.78, 5) is 36.6. The van der Waals surface area contributed by atoms with E-state index in [9.17, 15) is 9.59 Å². The third-order valence-electron chi connectivity index (χ3n) is 6.77. The van der Waals surface area contributed by atoms with Crippen LogP contribution in [0.15, 0.2) is 30.5 Å². The lowest BCUT2D eigenvalue weighted by atomic mass is 9.92. The Balaban J connectivity index is 1.35. The van der Waals surface area contributed by atoms with Gasteiger partial charge in [-0.05, 0) is 56.0 Å². The van der Waals surface area contributed by atoms with Crippen molar-refractivity contribution in [2.75, 3.05) is 11.9 Å². The number of aryl methyl sites for hydroxylation is 1. The molecule has 0 aliphatic carbocycles. The molecule has 0 unspecified atom stereocenters. The van der Waals surface area contributed by atoms with Crippen molar-refractivity contribution >= 4 is 17.6 Å². The Morgan fingerprint density at radius 1 is 1.09 bits per heavy atom. The van der Waals surface area contributed by atoms with Crippen LogP contribution in [0.4, 0.5) is 5.82 Å². The molecule has 5 rings (SSSR count). The van der Waals surface area contributed by atoms with Crippen molar-refractivity contribution < 1.29 is 9.59 Å². The largest absolute Gasteiger partial charge is 0.338 e. The molecule has 0 radical (unpaired) electrons. The van der Waals surface area contributed by atoms with Gasteiger partial charge in [-0.25, -0.2) is 4.98 Å². The minimum absolute atomic E-state index is 0.0790. The number of nitrogens with one attached hydrogen (secondary N) is 1. The van der Waals surface area contributed by atoms with E-state index in [-0.39, 0.29) is 17.4 Å². The fraction of sp³-hybridized carbons (Fsp3) is 0.462. The summed E-state index contributed by atoms with van der Waals surface area (Å²) < 4.78 is 2.14. The smallest absolute Gasteiger partial charge is 0.275 e. The molecule has 2 amide bonds. The van der Waals surface area contributed by atoms with Crippen LogP contribution in [-0.2, 0) is 29.7 Å². The average Bonchev–Trinajstić information content (AvgIpc) is 3.38. The van der Waals surface area contributed by atoms with Crippen molar-refractivity contribution in [2.45, 2.75) is 66.0 Å². The standard InChI is InChI=1S/C26H31N7O2/c1-25(2,3)24(35)32-12-10-16-14-27-19(13-17(16)15-32)23(34)29-20-8-6-7-18(28-20)22-31-30-21-9-11-26(4,5)33(21)22/h6-8,13-14H,9-12,15H2,1-5H3,(H,28,29,34). The number of anilines is 1. The molecule has 0 spiro atoms. The molecule has 3 aromatic rings. The molecule has 0 saturated heterocycles. The second-order valence-electron chi connectivity index (χ2n) is 11.0. The topological polar surface area (TPSA) is 106 Å². The first-order valence-electron chi connectivity index (χ1n) is 12.0. The van der Waals surface area contributed by atoms with Crippen molar-refractivity contribution in [2.24, 2.45) is 5.41 Å². The molecule has 0 saturated carbocycles. The molecule has 9 nitrogen and oxygen atoms in total. The van der Waals surface area contributed by atoms with E-state index in [1.807, 2.05) is 37.8 Å². The van der Waals surface area contributed by atoms with Crippen LogP contribution in [0.5, 0.6) is 0 Å². The lowest BCUT2D eigenvalue weighted by Crippen LogP contribution is -2.42. The van der Waals surface area contributed by atoms with Crippen LogP contribution in [0.3, 0.4) is 0 Å². The summed E-state index contributed by atoms with van der Waals surface area (Å²) in [5.74, 6) is 1.84. The summed E-state index contributed by atoms with van der Waals surface area (Å²) in [6.07, 6.45) is 4.37. The normalized spacial score (nSPS) is 16.5. The maximum Gasteiger partial charge on any atom is 0.275 e. The Bertz CT molecular complexity index is 1320. The van der Waals surface area contributed by atoms with E-state index >= 15 is 0 Å². The zero-order valence-electron chi connectivity index (χ0n) is 20.9. The number of fused-ring (bicyclic) bond motifs is 2. The van der Waals surface area contributed by atoms with Crippen molar-refractivity contribution in [1.29, 1.82) is 0 Å². The Hall–Kier alpha value is -3.62. The van der Waals surface area contributed by atoms with Gasteiger partial charge in [-0.2, -0.15) is 0 Å². The van der Waals surface area contributed by atoms with Gasteiger partial charge in [0.05, 0.1) is 0 Å². The summed E-state index contributed by atoms with van der Waals surface area (Å²) in [7, 11) is 0. The van der Waals surface area contributed by atoms with Gasteiger partial charge in [0.15, 0.2) is 5.82 Å². The summed E-state index contributed by atoms with van der Waals surface area (Å²) in [5.41, 5.74) is 2.46. The highest BCUT2D eigenvalue weighted by Gasteiger charge is 2.34. The lowest BCUT2D eigenvalue weighted by Gasteiger charge is -2.33. The summed E-state index contributed by atoms with van der Waals surface area (Å²) in [6.45, 7) is 11.2. The predicted octanol–water partition coefficient (Wildman–Crippen LogP) is 3.60. The first-order chi connectivity index (χ1) is 16.5. The Morgan fingerprint density at radius 3 is 2.66 bits per heavy atom. The van der Waals surface area contributed by atoms with E-state index < -0.39 is 5.41 Å². The number of nitrogens with zero attached hydrogens (tertiary/aromatic N) is 6. The highest BCUT2D eigenvalue weighted by Crippen LogP contribution is 2.35. The predicted molar refractivity (Wildman–Crippen MR) is 132 cm³/mol. The van der Waals surface area contributed by atoms with E-state index in [0.717, 1.165) is 36.2 Å².